The summed E-state index contributed by atoms with van der Waals surface area (Å²) in [5, 5.41) is 12.3. The van der Waals surface area contributed by atoms with E-state index in [-0.39, 0.29) is 18.7 Å². The minimum absolute atomic E-state index is 0.199. The monoisotopic (exact) mass is 443 g/mol. The van der Waals surface area contributed by atoms with Crippen molar-refractivity contribution in [2.75, 3.05) is 5.32 Å². The number of halogens is 5. The molecule has 11 heteroatoms. The van der Waals surface area contributed by atoms with Gasteiger partial charge in [-0.2, -0.15) is 17.6 Å². The van der Waals surface area contributed by atoms with Crippen LogP contribution in [-0.4, -0.2) is 39.3 Å². The maximum absolute atomic E-state index is 13.8. The number of hydrogen-bond donors (Lipinski definition) is 2. The standard InChI is InChI=1S/C19H14ClF4N3O3/c20-12-3-9(19(22,23)24)5-14(26-12)27-16(29)18-7-17(18,8-1-2-25-13(21)4-8)15-10(28)6-11(18)30-15/h1-5,10-11,15,28H,6-7H2,(H,26,27,29). The SMILES string of the molecule is O=C(Nc1cc(C(F)(F)F)cc(Cl)n1)C12CC1(c1ccnc(F)c1)C1OC2CC1O. The Labute approximate surface area is 172 Å². The van der Waals surface area contributed by atoms with E-state index in [0.717, 1.165) is 0 Å². The highest BCUT2D eigenvalue weighted by Gasteiger charge is 2.87. The molecule has 0 aromatic carbocycles. The Morgan fingerprint density at radius 1 is 1.33 bits per heavy atom. The maximum atomic E-state index is 13.8. The summed E-state index contributed by atoms with van der Waals surface area (Å²) in [4.78, 5) is 20.6. The Hall–Kier alpha value is -2.30. The number of rotatable bonds is 3. The molecule has 1 aliphatic carbocycles. The number of aliphatic hydroxyl groups excluding tert-OH is 1. The third kappa shape index (κ3) is 2.53. The number of aromatic nitrogens is 2. The molecule has 5 atom stereocenters. The van der Waals surface area contributed by atoms with E-state index in [0.29, 0.717) is 17.7 Å². The van der Waals surface area contributed by atoms with Gasteiger partial charge in [0, 0.05) is 18.0 Å². The highest BCUT2D eigenvalue weighted by molar-refractivity contribution is 6.29. The normalized spacial score (nSPS) is 34.0. The molecule has 0 radical (unpaired) electrons. The third-order valence-electron chi connectivity index (χ3n) is 6.39. The Morgan fingerprint density at radius 3 is 2.80 bits per heavy atom. The molecule has 2 aromatic rings. The number of hydrogen-bond acceptors (Lipinski definition) is 5. The molecule has 1 saturated carbocycles. The Bertz CT molecular complexity index is 1070. The van der Waals surface area contributed by atoms with Gasteiger partial charge >= 0.3 is 6.18 Å². The zero-order valence-electron chi connectivity index (χ0n) is 15.1. The molecule has 0 spiro atoms. The van der Waals surface area contributed by atoms with Crippen molar-refractivity contribution in [3.63, 3.8) is 0 Å². The molecule has 2 saturated heterocycles. The number of alkyl halides is 3. The first kappa shape index (κ1) is 19.7. The molecule has 5 unspecified atom stereocenters. The van der Waals surface area contributed by atoms with Crippen LogP contribution in [0, 0.1) is 11.4 Å². The molecule has 30 heavy (non-hydrogen) atoms. The average Bonchev–Trinajstić information content (AvgIpc) is 3.14. The lowest BCUT2D eigenvalue weighted by molar-refractivity contribution is -0.137. The lowest BCUT2D eigenvalue weighted by Crippen LogP contribution is -2.44. The van der Waals surface area contributed by atoms with E-state index < -0.39 is 57.9 Å². The van der Waals surface area contributed by atoms with Crippen LogP contribution in [0.15, 0.2) is 30.5 Å². The molecule has 2 aliphatic heterocycles. The Morgan fingerprint density at radius 2 is 2.10 bits per heavy atom. The molecular formula is C19H14ClF4N3O3. The van der Waals surface area contributed by atoms with Crippen molar-refractivity contribution in [1.82, 2.24) is 9.97 Å². The van der Waals surface area contributed by atoms with Gasteiger partial charge in [-0.3, -0.25) is 4.79 Å². The molecule has 5 rings (SSSR count). The largest absolute Gasteiger partial charge is 0.416 e. The number of nitrogens with zero attached hydrogens (tertiary/aromatic N) is 2. The van der Waals surface area contributed by atoms with E-state index in [1.807, 2.05) is 0 Å². The van der Waals surface area contributed by atoms with E-state index in [1.54, 1.807) is 6.07 Å². The van der Waals surface area contributed by atoms with Gasteiger partial charge in [0.05, 0.1) is 29.3 Å². The summed E-state index contributed by atoms with van der Waals surface area (Å²) in [6.07, 6.45) is -5.17. The average molecular weight is 444 g/mol. The third-order valence-corrected chi connectivity index (χ3v) is 6.58. The second kappa shape index (κ2) is 6.12. The molecule has 3 aliphatic rings. The molecule has 6 nitrogen and oxygen atoms in total. The zero-order chi connectivity index (χ0) is 21.5. The van der Waals surface area contributed by atoms with Gasteiger partial charge in [0.1, 0.15) is 11.0 Å². The number of carbonyl (C=O) groups is 1. The molecule has 3 fully saturated rings. The second-order valence-electron chi connectivity index (χ2n) is 7.85. The molecule has 2 bridgehead atoms. The number of amides is 1. The van der Waals surface area contributed by atoms with Crippen molar-refractivity contribution in [2.45, 2.75) is 42.7 Å². The summed E-state index contributed by atoms with van der Waals surface area (Å²) in [5.41, 5.74) is -2.75. The van der Waals surface area contributed by atoms with Crippen molar-refractivity contribution < 1.29 is 32.2 Å². The van der Waals surface area contributed by atoms with Gasteiger partial charge in [-0.1, -0.05) is 11.6 Å². The van der Waals surface area contributed by atoms with Crippen molar-refractivity contribution in [3.8, 4) is 0 Å². The number of ether oxygens (including phenoxy) is 1. The topological polar surface area (TPSA) is 84.3 Å². The van der Waals surface area contributed by atoms with Crippen molar-refractivity contribution in [1.29, 1.82) is 0 Å². The van der Waals surface area contributed by atoms with E-state index in [1.165, 1.54) is 12.3 Å². The summed E-state index contributed by atoms with van der Waals surface area (Å²) < 4.78 is 58.8. The number of aliphatic hydroxyl groups is 1. The van der Waals surface area contributed by atoms with Gasteiger partial charge in [-0.05, 0) is 36.2 Å². The predicted molar refractivity (Wildman–Crippen MR) is 95.1 cm³/mol. The summed E-state index contributed by atoms with van der Waals surface area (Å²) in [6, 6.07) is 4.09. The number of anilines is 1. The quantitative estimate of drug-likeness (QED) is 0.562. The predicted octanol–water partition coefficient (Wildman–Crippen LogP) is 3.09. The van der Waals surface area contributed by atoms with E-state index in [4.69, 9.17) is 16.3 Å². The van der Waals surface area contributed by atoms with Crippen LogP contribution in [0.4, 0.5) is 23.4 Å². The number of pyridine rings is 2. The van der Waals surface area contributed by atoms with Crippen molar-refractivity contribution in [2.24, 2.45) is 5.41 Å². The molecule has 158 valence electrons. The van der Waals surface area contributed by atoms with Crippen LogP contribution in [0.25, 0.3) is 0 Å². The minimum Gasteiger partial charge on any atom is -0.390 e. The number of nitrogens with one attached hydrogen (secondary N) is 1. The first-order valence-corrected chi connectivity index (χ1v) is 9.47. The highest BCUT2D eigenvalue weighted by Crippen LogP contribution is 2.77. The van der Waals surface area contributed by atoms with Gasteiger partial charge in [0.2, 0.25) is 11.9 Å². The molecule has 4 heterocycles. The van der Waals surface area contributed by atoms with Crippen LogP contribution in [0.2, 0.25) is 5.15 Å². The molecule has 2 aromatic heterocycles. The lowest BCUT2D eigenvalue weighted by atomic mass is 9.74. The van der Waals surface area contributed by atoms with Crippen LogP contribution in [0.1, 0.15) is 24.0 Å². The van der Waals surface area contributed by atoms with Gasteiger partial charge in [0.25, 0.3) is 0 Å². The molecule has 2 N–H and O–H groups in total. The van der Waals surface area contributed by atoms with E-state index in [9.17, 15) is 27.5 Å². The smallest absolute Gasteiger partial charge is 0.390 e. The lowest BCUT2D eigenvalue weighted by Gasteiger charge is -2.29. The van der Waals surface area contributed by atoms with Crippen LogP contribution < -0.4 is 5.32 Å². The van der Waals surface area contributed by atoms with Gasteiger partial charge < -0.3 is 15.2 Å². The van der Waals surface area contributed by atoms with Gasteiger partial charge in [-0.15, -0.1) is 0 Å². The highest BCUT2D eigenvalue weighted by atomic mass is 35.5. The fraction of sp³-hybridized carbons (Fsp3) is 0.421. The first-order chi connectivity index (χ1) is 14.1. The van der Waals surface area contributed by atoms with Crippen LogP contribution in [-0.2, 0) is 21.1 Å². The minimum atomic E-state index is -4.66. The molecule has 1 amide bonds. The van der Waals surface area contributed by atoms with Gasteiger partial charge in [0.15, 0.2) is 0 Å². The Balaban J connectivity index is 1.51. The molecular weight excluding hydrogens is 430 g/mol. The first-order valence-electron chi connectivity index (χ1n) is 9.10. The van der Waals surface area contributed by atoms with Crippen molar-refractivity contribution in [3.05, 3.63) is 52.7 Å². The van der Waals surface area contributed by atoms with Crippen LogP contribution in [0.5, 0.6) is 0 Å². The number of fused-ring (bicyclic) bond motifs is 5. The summed E-state index contributed by atoms with van der Waals surface area (Å²) in [7, 11) is 0. The zero-order valence-corrected chi connectivity index (χ0v) is 15.8. The summed E-state index contributed by atoms with van der Waals surface area (Å²) in [6.45, 7) is 0. The van der Waals surface area contributed by atoms with E-state index in [2.05, 4.69) is 15.3 Å². The maximum Gasteiger partial charge on any atom is 0.416 e. The van der Waals surface area contributed by atoms with Crippen LogP contribution >= 0.6 is 11.6 Å². The van der Waals surface area contributed by atoms with Crippen LogP contribution in [0.3, 0.4) is 0 Å². The van der Waals surface area contributed by atoms with Gasteiger partial charge in [-0.25, -0.2) is 9.97 Å². The second-order valence-corrected chi connectivity index (χ2v) is 8.24. The Kier molecular flexibility index (Phi) is 4.01. The summed E-state index contributed by atoms with van der Waals surface area (Å²) >= 11 is 5.70. The summed E-state index contributed by atoms with van der Waals surface area (Å²) in [5.74, 6) is -1.70. The fourth-order valence-electron chi connectivity index (χ4n) is 5.16. The van der Waals surface area contributed by atoms with Crippen molar-refractivity contribution >= 4 is 23.3 Å². The fourth-order valence-corrected chi connectivity index (χ4v) is 5.37. The van der Waals surface area contributed by atoms with E-state index >= 15 is 0 Å². The number of carbonyl (C=O) groups excluding carboxylic acids is 1.